The Bertz CT molecular complexity index is 2040. The first-order valence-electron chi connectivity index (χ1n) is 13.2. The molecule has 4 aromatic carbocycles. The van der Waals surface area contributed by atoms with Gasteiger partial charge in [-0.3, -0.25) is 24.0 Å². The molecule has 8 heteroatoms. The third kappa shape index (κ3) is 4.39. The number of aryl methyl sites for hydroxylation is 1. The number of hydrogen-bond donors (Lipinski definition) is 1. The summed E-state index contributed by atoms with van der Waals surface area (Å²) in [6, 6.07) is 17.9. The lowest BCUT2D eigenvalue weighted by Gasteiger charge is -2.20. The number of rotatable bonds is 4. The van der Waals surface area contributed by atoms with E-state index in [-0.39, 0.29) is 39.2 Å². The van der Waals surface area contributed by atoms with Crippen LogP contribution in [0.5, 0.6) is 0 Å². The number of amides is 5. The molecular weight excluding hydrogens is 554 g/mol. The molecule has 4 aromatic rings. The fraction of sp³-hybridized carbons (Fsp3) is 0.0278. The molecule has 0 radical (unpaired) electrons. The average Bonchev–Trinajstić information content (AvgIpc) is 3.43. The summed E-state index contributed by atoms with van der Waals surface area (Å²) in [5, 5.41) is 2.76. The summed E-state index contributed by atoms with van der Waals surface area (Å²) in [4.78, 5) is 69.3. The molecule has 2 aliphatic heterocycles. The van der Waals surface area contributed by atoms with Gasteiger partial charge in [0.1, 0.15) is 0 Å². The van der Waals surface area contributed by atoms with Crippen molar-refractivity contribution >= 4 is 46.6 Å². The van der Waals surface area contributed by atoms with Crippen molar-refractivity contribution in [3.05, 3.63) is 123 Å². The molecule has 44 heavy (non-hydrogen) atoms. The molecule has 2 heterocycles. The van der Waals surface area contributed by atoms with Gasteiger partial charge in [0.05, 0.1) is 33.6 Å². The number of terminal acetylenes is 3. The van der Waals surface area contributed by atoms with Gasteiger partial charge in [0, 0.05) is 27.9 Å². The number of carbonyl (C=O) groups excluding carboxylic acids is 5. The second-order valence-corrected chi connectivity index (χ2v) is 10.1. The van der Waals surface area contributed by atoms with E-state index < -0.39 is 29.5 Å². The number of imide groups is 2. The third-order valence-corrected chi connectivity index (χ3v) is 7.29. The molecule has 0 unspecified atom stereocenters. The van der Waals surface area contributed by atoms with Crippen LogP contribution in [0.25, 0.3) is 0 Å². The Balaban J connectivity index is 1.47. The second kappa shape index (κ2) is 10.3. The fourth-order valence-corrected chi connectivity index (χ4v) is 5.26. The predicted octanol–water partition coefficient (Wildman–Crippen LogP) is 4.79. The molecule has 0 spiro atoms. The second-order valence-electron chi connectivity index (χ2n) is 10.1. The minimum Gasteiger partial charge on any atom is -0.322 e. The van der Waals surface area contributed by atoms with E-state index in [2.05, 4.69) is 23.1 Å². The zero-order valence-corrected chi connectivity index (χ0v) is 23.1. The molecule has 0 aliphatic carbocycles. The van der Waals surface area contributed by atoms with Crippen LogP contribution in [-0.4, -0.2) is 29.5 Å². The maximum atomic E-state index is 13.6. The SMILES string of the molecule is C#Cc1cc(C)cc(NC(=O)c2cc(N3C(=O)c4ccc(C#C)cc4C3=O)cc(N3C(=O)c4ccc(C#C)cc4C3=O)c2)c1. The summed E-state index contributed by atoms with van der Waals surface area (Å²) in [6.45, 7) is 1.82. The van der Waals surface area contributed by atoms with Crippen LogP contribution in [0.2, 0.25) is 0 Å². The van der Waals surface area contributed by atoms with E-state index in [0.29, 0.717) is 22.4 Å². The van der Waals surface area contributed by atoms with Gasteiger partial charge in [0.25, 0.3) is 29.5 Å². The van der Waals surface area contributed by atoms with Gasteiger partial charge < -0.3 is 5.32 Å². The highest BCUT2D eigenvalue weighted by molar-refractivity contribution is 6.36. The Labute approximate surface area is 252 Å². The van der Waals surface area contributed by atoms with E-state index in [1.165, 1.54) is 42.5 Å². The van der Waals surface area contributed by atoms with Crippen LogP contribution in [-0.2, 0) is 0 Å². The summed E-state index contributed by atoms with van der Waals surface area (Å²) in [5.41, 5.74) is 2.88. The summed E-state index contributed by atoms with van der Waals surface area (Å²) in [5.74, 6) is 4.10. The van der Waals surface area contributed by atoms with Crippen molar-refractivity contribution in [1.29, 1.82) is 0 Å². The molecular formula is C36H19N3O5. The van der Waals surface area contributed by atoms with Crippen LogP contribution in [0, 0.1) is 44.0 Å². The molecule has 1 N–H and O–H groups in total. The number of benzene rings is 4. The van der Waals surface area contributed by atoms with E-state index in [0.717, 1.165) is 15.4 Å². The largest absolute Gasteiger partial charge is 0.322 e. The molecule has 5 amide bonds. The van der Waals surface area contributed by atoms with Gasteiger partial charge in [-0.05, 0) is 85.3 Å². The van der Waals surface area contributed by atoms with Crippen molar-refractivity contribution in [2.45, 2.75) is 6.92 Å². The fourth-order valence-electron chi connectivity index (χ4n) is 5.26. The van der Waals surface area contributed by atoms with E-state index in [1.807, 2.05) is 6.92 Å². The summed E-state index contributed by atoms with van der Waals surface area (Å²) >= 11 is 0. The normalized spacial score (nSPS) is 13.2. The lowest BCUT2D eigenvalue weighted by molar-refractivity contribution is 0.0912. The minimum atomic E-state index is -0.677. The van der Waals surface area contributed by atoms with E-state index in [9.17, 15) is 24.0 Å². The molecule has 0 saturated heterocycles. The van der Waals surface area contributed by atoms with E-state index in [4.69, 9.17) is 19.3 Å². The van der Waals surface area contributed by atoms with Gasteiger partial charge in [-0.1, -0.05) is 17.8 Å². The Morgan fingerprint density at radius 1 is 0.591 bits per heavy atom. The Hall–Kier alpha value is -6.69. The van der Waals surface area contributed by atoms with Crippen LogP contribution in [0.4, 0.5) is 17.1 Å². The van der Waals surface area contributed by atoms with Crippen molar-refractivity contribution in [2.75, 3.05) is 15.1 Å². The van der Waals surface area contributed by atoms with Crippen LogP contribution >= 0.6 is 0 Å². The smallest absolute Gasteiger partial charge is 0.266 e. The maximum absolute atomic E-state index is 13.6. The van der Waals surface area contributed by atoms with Crippen LogP contribution in [0.1, 0.15) is 74.0 Å². The highest BCUT2D eigenvalue weighted by atomic mass is 16.2. The Morgan fingerprint density at radius 3 is 1.55 bits per heavy atom. The third-order valence-electron chi connectivity index (χ3n) is 7.29. The first-order chi connectivity index (χ1) is 21.1. The molecule has 6 rings (SSSR count). The summed E-state index contributed by atoms with van der Waals surface area (Å²) in [6.07, 6.45) is 16.5. The summed E-state index contributed by atoms with van der Waals surface area (Å²) in [7, 11) is 0. The van der Waals surface area contributed by atoms with E-state index >= 15 is 0 Å². The number of hydrogen-bond acceptors (Lipinski definition) is 5. The van der Waals surface area contributed by atoms with Crippen LogP contribution < -0.4 is 15.1 Å². The first-order valence-corrected chi connectivity index (χ1v) is 13.2. The maximum Gasteiger partial charge on any atom is 0.266 e. The van der Waals surface area contributed by atoms with Crippen molar-refractivity contribution < 1.29 is 24.0 Å². The number of nitrogens with zero attached hydrogens (tertiary/aromatic N) is 2. The lowest BCUT2D eigenvalue weighted by Crippen LogP contribution is -2.32. The zero-order valence-electron chi connectivity index (χ0n) is 23.1. The number of nitrogens with one attached hydrogen (secondary N) is 1. The zero-order chi connectivity index (χ0) is 31.3. The van der Waals surface area contributed by atoms with Crippen molar-refractivity contribution in [3.8, 4) is 37.0 Å². The van der Waals surface area contributed by atoms with Gasteiger partial charge in [-0.15, -0.1) is 19.3 Å². The Morgan fingerprint density at radius 2 is 1.07 bits per heavy atom. The number of anilines is 3. The summed E-state index contributed by atoms with van der Waals surface area (Å²) < 4.78 is 0. The molecule has 0 atom stereocenters. The monoisotopic (exact) mass is 573 g/mol. The molecule has 0 bridgehead atoms. The molecule has 8 nitrogen and oxygen atoms in total. The van der Waals surface area contributed by atoms with Crippen molar-refractivity contribution in [2.24, 2.45) is 0 Å². The van der Waals surface area contributed by atoms with Gasteiger partial charge in [-0.2, -0.15) is 0 Å². The highest BCUT2D eigenvalue weighted by Crippen LogP contribution is 2.36. The standard InChI is InChI=1S/C36H19N3O5/c1-5-21-8-10-28-30(15-21)35(43)38(33(28)41)26-17-24(32(40)37-25-13-20(4)12-23(7-3)14-25)18-27(19-26)39-34(42)29-11-9-22(6-2)16-31(29)36(39)44/h1-3,8-19H,4H3,(H,37,40). The topological polar surface area (TPSA) is 104 Å². The Kier molecular flexibility index (Phi) is 6.43. The molecule has 0 saturated carbocycles. The molecule has 0 aromatic heterocycles. The van der Waals surface area contributed by atoms with Crippen molar-refractivity contribution in [1.82, 2.24) is 0 Å². The van der Waals surface area contributed by atoms with Crippen molar-refractivity contribution in [3.63, 3.8) is 0 Å². The predicted molar refractivity (Wildman–Crippen MR) is 165 cm³/mol. The highest BCUT2D eigenvalue weighted by Gasteiger charge is 2.40. The average molecular weight is 574 g/mol. The quantitative estimate of drug-likeness (QED) is 0.279. The first kappa shape index (κ1) is 27.5. The van der Waals surface area contributed by atoms with Gasteiger partial charge in [0.15, 0.2) is 0 Å². The van der Waals surface area contributed by atoms with Gasteiger partial charge >= 0.3 is 0 Å². The van der Waals surface area contributed by atoms with Gasteiger partial charge in [0.2, 0.25) is 0 Å². The van der Waals surface area contributed by atoms with Gasteiger partial charge in [-0.25, -0.2) is 9.80 Å². The van der Waals surface area contributed by atoms with Crippen LogP contribution in [0.15, 0.2) is 72.8 Å². The molecule has 208 valence electrons. The number of carbonyl (C=O) groups is 5. The molecule has 0 fully saturated rings. The number of fused-ring (bicyclic) bond motifs is 2. The molecule has 2 aliphatic rings. The minimum absolute atomic E-state index is 0.0319. The van der Waals surface area contributed by atoms with Crippen LogP contribution in [0.3, 0.4) is 0 Å². The lowest BCUT2D eigenvalue weighted by atomic mass is 10.1. The van der Waals surface area contributed by atoms with E-state index in [1.54, 1.807) is 30.3 Å².